The van der Waals surface area contributed by atoms with Crippen LogP contribution in [0.25, 0.3) is 22.2 Å². The van der Waals surface area contributed by atoms with Gasteiger partial charge in [-0.15, -0.1) is 0 Å². The van der Waals surface area contributed by atoms with Crippen LogP contribution in [-0.4, -0.2) is 79.1 Å². The van der Waals surface area contributed by atoms with Crippen molar-refractivity contribution in [1.29, 1.82) is 0 Å². The molecule has 234 valence electrons. The highest BCUT2D eigenvalue weighted by atomic mass is 32.2. The number of hydrogen-bond acceptors (Lipinski definition) is 8. The Morgan fingerprint density at radius 3 is 2.67 bits per heavy atom. The molecule has 3 aromatic rings. The number of fused-ring (bicyclic) bond motifs is 1. The van der Waals surface area contributed by atoms with Crippen LogP contribution in [0.2, 0.25) is 18.1 Å². The predicted octanol–water partition coefficient (Wildman–Crippen LogP) is 5.68. The second kappa shape index (κ2) is 13.6. The third-order valence-corrected chi connectivity index (χ3v) is 13.2. The number of rotatable bonds is 14. The van der Waals surface area contributed by atoms with Crippen molar-refractivity contribution in [3.05, 3.63) is 30.6 Å². The Kier molecular flexibility index (Phi) is 10.5. The number of benzene rings is 1. The van der Waals surface area contributed by atoms with Gasteiger partial charge in [-0.05, 0) is 68.9 Å². The second-order valence-electron chi connectivity index (χ2n) is 12.5. The van der Waals surface area contributed by atoms with Crippen LogP contribution >= 0.6 is 0 Å². The zero-order valence-corrected chi connectivity index (χ0v) is 27.5. The third kappa shape index (κ3) is 8.63. The molecule has 0 bridgehead atoms. The van der Waals surface area contributed by atoms with Crippen LogP contribution < -0.4 is 4.43 Å². The first-order valence-electron chi connectivity index (χ1n) is 14.7. The van der Waals surface area contributed by atoms with Gasteiger partial charge in [0.1, 0.15) is 11.4 Å². The predicted molar refractivity (Wildman–Crippen MR) is 165 cm³/mol. The van der Waals surface area contributed by atoms with E-state index in [2.05, 4.69) is 51.1 Å². The van der Waals surface area contributed by atoms with E-state index in [0.717, 1.165) is 53.8 Å². The minimum absolute atomic E-state index is 0.0849. The normalized spacial score (nSPS) is 17.5. The summed E-state index contributed by atoms with van der Waals surface area (Å²) in [6, 6.07) is 6.25. The first kappa shape index (κ1) is 32.6. The molecule has 1 saturated heterocycles. The molecule has 1 aromatic carbocycles. The lowest BCUT2D eigenvalue weighted by atomic mass is 10.1. The summed E-state index contributed by atoms with van der Waals surface area (Å²) >= 11 is 0. The molecule has 1 fully saturated rings. The molecule has 13 heteroatoms. The molecular weight excluding hydrogens is 576 g/mol. The van der Waals surface area contributed by atoms with Crippen molar-refractivity contribution >= 4 is 29.3 Å². The highest BCUT2D eigenvalue weighted by Crippen LogP contribution is 2.39. The first-order chi connectivity index (χ1) is 19.7. The second-order valence-corrected chi connectivity index (χ2v) is 18.8. The Labute approximate surface area is 250 Å². The van der Waals surface area contributed by atoms with Gasteiger partial charge in [0.05, 0.1) is 49.9 Å². The molecule has 11 nitrogen and oxygen atoms in total. The van der Waals surface area contributed by atoms with Crippen molar-refractivity contribution in [3.8, 4) is 17.0 Å². The Morgan fingerprint density at radius 1 is 1.19 bits per heavy atom. The van der Waals surface area contributed by atoms with Gasteiger partial charge in [-0.25, -0.2) is 4.68 Å². The van der Waals surface area contributed by atoms with Gasteiger partial charge in [-0.2, -0.15) is 18.6 Å². The van der Waals surface area contributed by atoms with Crippen LogP contribution in [0.1, 0.15) is 59.6 Å². The molecule has 4 rings (SSSR count). The summed E-state index contributed by atoms with van der Waals surface area (Å²) in [5, 5.41) is 10.7. The molecule has 1 N–H and O–H groups in total. The number of aromatic nitrogens is 4. The molecule has 0 saturated carbocycles. The zero-order chi connectivity index (χ0) is 30.5. The molecule has 0 spiro atoms. The van der Waals surface area contributed by atoms with E-state index in [0.29, 0.717) is 26.4 Å². The molecular formula is C29H46N4O7SSi. The smallest absolute Gasteiger partial charge is 0.264 e. The van der Waals surface area contributed by atoms with Crippen molar-refractivity contribution in [3.63, 3.8) is 0 Å². The minimum atomic E-state index is -3.98. The minimum Gasteiger partial charge on any atom is -0.543 e. The van der Waals surface area contributed by atoms with Crippen LogP contribution in [0.15, 0.2) is 30.6 Å². The fourth-order valence-electron chi connectivity index (χ4n) is 4.56. The molecule has 0 radical (unpaired) electrons. The Balaban J connectivity index is 1.43. The van der Waals surface area contributed by atoms with Gasteiger partial charge < -0.3 is 18.6 Å². The lowest BCUT2D eigenvalue weighted by Crippen LogP contribution is -2.43. The first-order valence-corrected chi connectivity index (χ1v) is 19.3. The fraction of sp³-hybridized carbons (Fsp3) is 0.655. The van der Waals surface area contributed by atoms with Gasteiger partial charge in [0.25, 0.3) is 10.1 Å². The van der Waals surface area contributed by atoms with E-state index >= 15 is 0 Å². The van der Waals surface area contributed by atoms with Crippen molar-refractivity contribution in [2.24, 2.45) is 0 Å². The largest absolute Gasteiger partial charge is 0.543 e. The maximum atomic E-state index is 10.9. The molecule has 1 aliphatic heterocycles. The van der Waals surface area contributed by atoms with Gasteiger partial charge in [0.15, 0.2) is 6.23 Å². The summed E-state index contributed by atoms with van der Waals surface area (Å²) in [4.78, 5) is 0. The molecule has 0 aliphatic carbocycles. The van der Waals surface area contributed by atoms with Crippen molar-refractivity contribution in [2.75, 3.05) is 32.2 Å². The Bertz CT molecular complexity index is 1430. The fourth-order valence-corrected chi connectivity index (χ4v) is 6.21. The molecule has 2 aromatic heterocycles. The van der Waals surface area contributed by atoms with Gasteiger partial charge in [0.2, 0.25) is 8.32 Å². The van der Waals surface area contributed by atoms with Crippen molar-refractivity contribution in [2.45, 2.75) is 90.4 Å². The van der Waals surface area contributed by atoms with Crippen LogP contribution in [0.4, 0.5) is 0 Å². The van der Waals surface area contributed by atoms with E-state index in [9.17, 15) is 8.42 Å². The van der Waals surface area contributed by atoms with E-state index in [1.165, 1.54) is 0 Å². The summed E-state index contributed by atoms with van der Waals surface area (Å²) in [5.74, 6) is 0.540. The van der Waals surface area contributed by atoms with Crippen LogP contribution in [-0.2, 0) is 30.9 Å². The molecule has 2 atom stereocenters. The lowest BCUT2D eigenvalue weighted by Gasteiger charge is -2.36. The third-order valence-electron chi connectivity index (χ3n) is 8.07. The monoisotopic (exact) mass is 622 g/mol. The van der Waals surface area contributed by atoms with Crippen molar-refractivity contribution < 1.29 is 31.6 Å². The topological polar surface area (TPSA) is 127 Å². The average molecular weight is 623 g/mol. The molecule has 3 heterocycles. The van der Waals surface area contributed by atoms with Gasteiger partial charge in [0, 0.05) is 23.8 Å². The van der Waals surface area contributed by atoms with Crippen LogP contribution in [0.5, 0.6) is 5.75 Å². The van der Waals surface area contributed by atoms with Crippen molar-refractivity contribution in [1.82, 2.24) is 19.6 Å². The highest BCUT2D eigenvalue weighted by molar-refractivity contribution is 7.85. The molecule has 1 unspecified atom stereocenters. The maximum absolute atomic E-state index is 10.9. The van der Waals surface area contributed by atoms with Crippen LogP contribution in [0, 0.1) is 0 Å². The van der Waals surface area contributed by atoms with E-state index in [4.69, 9.17) is 28.3 Å². The number of hydrogen-bond donors (Lipinski definition) is 1. The van der Waals surface area contributed by atoms with E-state index in [-0.39, 0.29) is 29.5 Å². The Hall–Kier alpha value is -2.29. The highest BCUT2D eigenvalue weighted by Gasteiger charge is 2.39. The molecule has 42 heavy (non-hydrogen) atoms. The number of ether oxygens (including phenoxy) is 3. The Morgan fingerprint density at radius 2 is 1.98 bits per heavy atom. The average Bonchev–Trinajstić information content (AvgIpc) is 3.53. The van der Waals surface area contributed by atoms with E-state index in [1.54, 1.807) is 6.92 Å². The summed E-state index contributed by atoms with van der Waals surface area (Å²) in [7, 11) is -6.00. The zero-order valence-electron chi connectivity index (χ0n) is 25.7. The maximum Gasteiger partial charge on any atom is 0.264 e. The van der Waals surface area contributed by atoms with E-state index in [1.807, 2.05) is 27.8 Å². The SMILES string of the molecule is C[C@@H](CCS(=O)(=O)O)OCCOCCn1cc(-c2nn(C3CCCCO3)c3ccc(O[Si](C)(C)C(C)(C)C)cc23)cn1. The van der Waals surface area contributed by atoms with Gasteiger partial charge in [-0.1, -0.05) is 20.8 Å². The standard InChI is InChI=1S/C29H46N4O7SSi/c1-22(12-18-41(34,35)36)38-17-16-37-15-13-32-21-23(20-30-32)28-25-19-24(40-42(5,6)29(2,3)4)10-11-26(25)33(31-28)27-9-7-8-14-39-27/h10-11,19-22,27H,7-9,12-18H2,1-6H3,(H,34,35,36)/t22-,27?/m0/s1. The van der Waals surface area contributed by atoms with Gasteiger partial charge >= 0.3 is 0 Å². The molecule has 1 aliphatic rings. The summed E-state index contributed by atoms with van der Waals surface area (Å²) in [6.07, 6.45) is 6.77. The van der Waals surface area contributed by atoms with Crippen LogP contribution in [0.3, 0.4) is 0 Å². The summed E-state index contributed by atoms with van der Waals surface area (Å²) in [6.45, 7) is 15.4. The summed E-state index contributed by atoms with van der Waals surface area (Å²) < 4.78 is 58.4. The summed E-state index contributed by atoms with van der Waals surface area (Å²) in [5.41, 5.74) is 2.77. The van der Waals surface area contributed by atoms with Gasteiger partial charge in [-0.3, -0.25) is 9.23 Å². The quantitative estimate of drug-likeness (QED) is 0.137. The van der Waals surface area contributed by atoms with E-state index < -0.39 is 18.4 Å². The lowest BCUT2D eigenvalue weighted by molar-refractivity contribution is -0.0365. The number of nitrogens with zero attached hydrogens (tertiary/aromatic N) is 4. The molecule has 0 amide bonds.